The van der Waals surface area contributed by atoms with E-state index in [1.54, 1.807) is 13.3 Å². The molecule has 24 heavy (non-hydrogen) atoms. The molecule has 0 N–H and O–H groups in total. The van der Waals surface area contributed by atoms with Crippen molar-refractivity contribution in [3.05, 3.63) is 76.4 Å². The molecule has 0 saturated carbocycles. The van der Waals surface area contributed by atoms with Crippen LogP contribution in [-0.2, 0) is 11.3 Å². The number of hydrogen-bond donors (Lipinski definition) is 0. The van der Waals surface area contributed by atoms with Crippen molar-refractivity contribution in [2.75, 3.05) is 13.7 Å². The maximum absolute atomic E-state index is 5.75. The minimum absolute atomic E-state index is 0.610. The van der Waals surface area contributed by atoms with E-state index in [0.717, 1.165) is 17.7 Å². The van der Waals surface area contributed by atoms with E-state index in [1.165, 1.54) is 22.3 Å². The van der Waals surface area contributed by atoms with Crippen LogP contribution >= 0.6 is 0 Å². The second kappa shape index (κ2) is 8.92. The standard InChI is InChI=1S/C21H25NO2/c1-5-6-11-24-20-12-16(2)21(17(3)13-20)14-18-7-9-19(10-8-18)15-22-23-4/h5-10,12-13,15H,11,14H2,1-4H3/b6-5+,22-15+. The zero-order chi connectivity index (χ0) is 17.4. The minimum Gasteiger partial charge on any atom is -0.490 e. The SMILES string of the molecule is C/C=C/COc1cc(C)c(Cc2ccc(/C=N/OC)cc2)c(C)c1. The number of allylic oxidation sites excluding steroid dienone is 1. The van der Waals surface area contributed by atoms with E-state index >= 15 is 0 Å². The van der Waals surface area contributed by atoms with Gasteiger partial charge in [0.25, 0.3) is 0 Å². The lowest BCUT2D eigenvalue weighted by molar-refractivity contribution is 0.215. The molecule has 2 aromatic rings. The molecular weight excluding hydrogens is 298 g/mol. The molecule has 0 unspecified atom stereocenters. The first-order chi connectivity index (χ1) is 11.6. The van der Waals surface area contributed by atoms with Crippen molar-refractivity contribution >= 4 is 6.21 Å². The van der Waals surface area contributed by atoms with E-state index in [0.29, 0.717) is 6.61 Å². The second-order valence-corrected chi connectivity index (χ2v) is 5.75. The molecule has 2 rings (SSSR count). The first kappa shape index (κ1) is 17.8. The lowest BCUT2D eigenvalue weighted by atomic mass is 9.95. The Morgan fingerprint density at radius 1 is 1.04 bits per heavy atom. The summed E-state index contributed by atoms with van der Waals surface area (Å²) >= 11 is 0. The molecule has 0 radical (unpaired) electrons. The van der Waals surface area contributed by atoms with Crippen LogP contribution in [0.15, 0.2) is 53.7 Å². The van der Waals surface area contributed by atoms with Gasteiger partial charge in [-0.15, -0.1) is 0 Å². The number of ether oxygens (including phenoxy) is 1. The molecule has 0 aromatic heterocycles. The van der Waals surface area contributed by atoms with Crippen LogP contribution in [0.1, 0.15) is 34.7 Å². The summed E-state index contributed by atoms with van der Waals surface area (Å²) in [6.45, 7) is 6.89. The van der Waals surface area contributed by atoms with Gasteiger partial charge in [-0.05, 0) is 67.1 Å². The Kier molecular flexibility index (Phi) is 6.62. The van der Waals surface area contributed by atoms with E-state index < -0.39 is 0 Å². The van der Waals surface area contributed by atoms with Gasteiger partial charge in [0.1, 0.15) is 19.5 Å². The monoisotopic (exact) mass is 323 g/mol. The third-order valence-electron chi connectivity index (χ3n) is 3.92. The summed E-state index contributed by atoms with van der Waals surface area (Å²) in [5.41, 5.74) is 6.18. The first-order valence-corrected chi connectivity index (χ1v) is 8.13. The van der Waals surface area contributed by atoms with Crippen molar-refractivity contribution in [2.45, 2.75) is 27.2 Å². The Hall–Kier alpha value is -2.55. The average molecular weight is 323 g/mol. The van der Waals surface area contributed by atoms with E-state index in [1.807, 2.05) is 19.1 Å². The Morgan fingerprint density at radius 2 is 1.71 bits per heavy atom. The van der Waals surface area contributed by atoms with Crippen molar-refractivity contribution in [3.8, 4) is 5.75 Å². The molecule has 3 nitrogen and oxygen atoms in total. The molecule has 0 saturated heterocycles. The van der Waals surface area contributed by atoms with Gasteiger partial charge in [-0.2, -0.15) is 0 Å². The zero-order valence-electron chi connectivity index (χ0n) is 14.9. The molecule has 0 aliphatic rings. The van der Waals surface area contributed by atoms with Crippen LogP contribution in [0.5, 0.6) is 5.75 Å². The van der Waals surface area contributed by atoms with Crippen LogP contribution in [0.4, 0.5) is 0 Å². The summed E-state index contributed by atoms with van der Waals surface area (Å²) in [5.74, 6) is 0.929. The van der Waals surface area contributed by atoms with Crippen molar-refractivity contribution < 1.29 is 9.57 Å². The number of aryl methyl sites for hydroxylation is 2. The Balaban J connectivity index is 2.13. The van der Waals surface area contributed by atoms with Crippen molar-refractivity contribution in [1.29, 1.82) is 0 Å². The average Bonchev–Trinajstić information content (AvgIpc) is 2.57. The van der Waals surface area contributed by atoms with Gasteiger partial charge in [-0.1, -0.05) is 41.6 Å². The molecule has 0 aliphatic heterocycles. The van der Waals surface area contributed by atoms with Gasteiger partial charge in [0.05, 0.1) is 6.21 Å². The van der Waals surface area contributed by atoms with Crippen molar-refractivity contribution in [1.82, 2.24) is 0 Å². The predicted octanol–water partition coefficient (Wildman–Crippen LogP) is 4.83. The minimum atomic E-state index is 0.610. The van der Waals surface area contributed by atoms with Gasteiger partial charge >= 0.3 is 0 Å². The maximum atomic E-state index is 5.75. The van der Waals surface area contributed by atoms with Crippen LogP contribution in [0.25, 0.3) is 0 Å². The number of oxime groups is 1. The summed E-state index contributed by atoms with van der Waals surface area (Å²) in [7, 11) is 1.54. The van der Waals surface area contributed by atoms with Crippen LogP contribution in [0.2, 0.25) is 0 Å². The molecule has 3 heteroatoms. The highest BCUT2D eigenvalue weighted by Gasteiger charge is 2.07. The summed E-state index contributed by atoms with van der Waals surface area (Å²) in [6, 6.07) is 12.6. The topological polar surface area (TPSA) is 30.8 Å². The molecule has 0 amide bonds. The lowest BCUT2D eigenvalue weighted by Gasteiger charge is -2.13. The van der Waals surface area contributed by atoms with Crippen molar-refractivity contribution in [3.63, 3.8) is 0 Å². The molecule has 0 spiro atoms. The zero-order valence-corrected chi connectivity index (χ0v) is 14.9. The second-order valence-electron chi connectivity index (χ2n) is 5.75. The summed E-state index contributed by atoms with van der Waals surface area (Å²) < 4.78 is 5.75. The van der Waals surface area contributed by atoms with E-state index in [2.05, 4.69) is 55.4 Å². The Bertz CT molecular complexity index is 692. The fourth-order valence-electron chi connectivity index (χ4n) is 2.60. The Morgan fingerprint density at radius 3 is 2.29 bits per heavy atom. The summed E-state index contributed by atoms with van der Waals surface area (Å²) in [4.78, 5) is 4.70. The number of nitrogens with zero attached hydrogens (tertiary/aromatic N) is 1. The highest BCUT2D eigenvalue weighted by atomic mass is 16.6. The number of rotatable bonds is 7. The van der Waals surface area contributed by atoms with Gasteiger partial charge in [0.15, 0.2) is 0 Å². The molecule has 126 valence electrons. The number of hydrogen-bond acceptors (Lipinski definition) is 3. The third kappa shape index (κ3) is 4.98. The van der Waals surface area contributed by atoms with Crippen LogP contribution in [0, 0.1) is 13.8 Å². The smallest absolute Gasteiger partial charge is 0.120 e. The highest BCUT2D eigenvalue weighted by Crippen LogP contribution is 2.24. The van der Waals surface area contributed by atoms with Gasteiger partial charge in [0.2, 0.25) is 0 Å². The summed E-state index contributed by atoms with van der Waals surface area (Å²) in [6.07, 6.45) is 6.62. The molecule has 0 aliphatic carbocycles. The maximum Gasteiger partial charge on any atom is 0.120 e. The highest BCUT2D eigenvalue weighted by molar-refractivity contribution is 5.79. The van der Waals surface area contributed by atoms with Gasteiger partial charge in [-0.3, -0.25) is 0 Å². The van der Waals surface area contributed by atoms with Gasteiger partial charge in [-0.25, -0.2) is 0 Å². The largest absolute Gasteiger partial charge is 0.490 e. The Labute approximate surface area is 144 Å². The van der Waals surface area contributed by atoms with Crippen LogP contribution in [-0.4, -0.2) is 19.9 Å². The van der Waals surface area contributed by atoms with Gasteiger partial charge in [0, 0.05) is 0 Å². The summed E-state index contributed by atoms with van der Waals surface area (Å²) in [5, 5.41) is 3.78. The molecule has 0 atom stereocenters. The van der Waals surface area contributed by atoms with Crippen LogP contribution < -0.4 is 4.74 Å². The fourth-order valence-corrected chi connectivity index (χ4v) is 2.60. The van der Waals surface area contributed by atoms with Gasteiger partial charge < -0.3 is 9.57 Å². The fraction of sp³-hybridized carbons (Fsp3) is 0.286. The molecule has 0 heterocycles. The van der Waals surface area contributed by atoms with E-state index in [4.69, 9.17) is 9.57 Å². The third-order valence-corrected chi connectivity index (χ3v) is 3.92. The molecule has 2 aromatic carbocycles. The predicted molar refractivity (Wildman–Crippen MR) is 100 cm³/mol. The quantitative estimate of drug-likeness (QED) is 0.415. The first-order valence-electron chi connectivity index (χ1n) is 8.13. The molecule has 0 fully saturated rings. The van der Waals surface area contributed by atoms with E-state index in [-0.39, 0.29) is 0 Å². The molecular formula is C21H25NO2. The molecule has 0 bridgehead atoms. The lowest BCUT2D eigenvalue weighted by Crippen LogP contribution is -1.99. The van der Waals surface area contributed by atoms with E-state index in [9.17, 15) is 0 Å². The van der Waals surface area contributed by atoms with Crippen LogP contribution in [0.3, 0.4) is 0 Å². The number of benzene rings is 2. The normalized spacial score (nSPS) is 11.3. The van der Waals surface area contributed by atoms with Crippen molar-refractivity contribution in [2.24, 2.45) is 5.16 Å².